The Labute approximate surface area is 154 Å². The average molecular weight is 352 g/mol. The number of aryl methyl sites for hydroxylation is 2. The van der Waals surface area contributed by atoms with Crippen molar-refractivity contribution < 1.29 is 14.3 Å². The van der Waals surface area contributed by atoms with Crippen molar-refractivity contribution in [1.29, 1.82) is 0 Å². The van der Waals surface area contributed by atoms with Gasteiger partial charge in [-0.05, 0) is 67.8 Å². The first-order valence-electron chi connectivity index (χ1n) is 8.93. The van der Waals surface area contributed by atoms with Crippen LogP contribution in [0, 0.1) is 13.8 Å². The third-order valence-corrected chi connectivity index (χ3v) is 4.61. The van der Waals surface area contributed by atoms with E-state index >= 15 is 0 Å². The van der Waals surface area contributed by atoms with Crippen LogP contribution in [0.15, 0.2) is 42.5 Å². The van der Waals surface area contributed by atoms with Crippen LogP contribution in [0.1, 0.15) is 30.4 Å². The number of nitrogens with one attached hydrogen (secondary N) is 1. The van der Waals surface area contributed by atoms with Gasteiger partial charge in [0.05, 0.1) is 13.0 Å². The van der Waals surface area contributed by atoms with E-state index in [0.29, 0.717) is 13.0 Å². The smallest absolute Gasteiger partial charge is 0.227 e. The molecule has 5 nitrogen and oxygen atoms in total. The molecular weight excluding hydrogens is 328 g/mol. The molecule has 3 rings (SSSR count). The van der Waals surface area contributed by atoms with Crippen LogP contribution in [0.5, 0.6) is 5.75 Å². The Morgan fingerprint density at radius 3 is 2.54 bits per heavy atom. The van der Waals surface area contributed by atoms with E-state index in [4.69, 9.17) is 4.74 Å². The molecule has 0 radical (unpaired) electrons. The molecule has 0 spiro atoms. The highest BCUT2D eigenvalue weighted by Crippen LogP contribution is 2.23. The lowest BCUT2D eigenvalue weighted by Crippen LogP contribution is -2.23. The molecule has 0 aromatic heterocycles. The fraction of sp³-hybridized carbons (Fsp3) is 0.333. The third kappa shape index (κ3) is 4.42. The number of carbonyl (C=O) groups excluding carboxylic acids is 2. The van der Waals surface area contributed by atoms with Crippen LogP contribution >= 0.6 is 0 Å². The van der Waals surface area contributed by atoms with Gasteiger partial charge >= 0.3 is 0 Å². The molecule has 1 saturated heterocycles. The molecular formula is C21H24N2O3. The van der Waals surface area contributed by atoms with Crippen molar-refractivity contribution in [3.8, 4) is 5.75 Å². The zero-order valence-electron chi connectivity index (χ0n) is 15.2. The van der Waals surface area contributed by atoms with Gasteiger partial charge in [0.1, 0.15) is 5.75 Å². The molecule has 2 aromatic rings. The maximum absolute atomic E-state index is 12.1. The topological polar surface area (TPSA) is 58.6 Å². The molecule has 0 bridgehead atoms. The molecule has 1 fully saturated rings. The summed E-state index contributed by atoms with van der Waals surface area (Å²) in [7, 11) is 0. The standard InChI is InChI=1S/C21H24N2O3/c1-15-5-10-19(14-16(15)2)26-13-11-20(24)22-17-6-8-18(9-7-17)23-12-3-4-21(23)25/h5-10,14H,3-4,11-13H2,1-2H3,(H,22,24). The molecule has 2 amide bonds. The number of amides is 2. The molecule has 1 aliphatic rings. The van der Waals surface area contributed by atoms with Crippen LogP contribution in [0.4, 0.5) is 11.4 Å². The summed E-state index contributed by atoms with van der Waals surface area (Å²) in [6, 6.07) is 13.3. The van der Waals surface area contributed by atoms with E-state index in [1.807, 2.05) is 49.4 Å². The molecule has 5 heteroatoms. The van der Waals surface area contributed by atoms with E-state index < -0.39 is 0 Å². The predicted octanol–water partition coefficient (Wildman–Crippen LogP) is 3.84. The Balaban J connectivity index is 1.47. The average Bonchev–Trinajstić information content (AvgIpc) is 3.05. The lowest BCUT2D eigenvalue weighted by atomic mass is 10.1. The zero-order chi connectivity index (χ0) is 18.5. The number of hydrogen-bond acceptors (Lipinski definition) is 3. The van der Waals surface area contributed by atoms with Gasteiger partial charge in [0.15, 0.2) is 0 Å². The highest BCUT2D eigenvalue weighted by atomic mass is 16.5. The summed E-state index contributed by atoms with van der Waals surface area (Å²) < 4.78 is 5.64. The van der Waals surface area contributed by atoms with Crippen molar-refractivity contribution in [3.05, 3.63) is 53.6 Å². The first kappa shape index (κ1) is 18.0. The van der Waals surface area contributed by atoms with Crippen LogP contribution in [-0.2, 0) is 9.59 Å². The SMILES string of the molecule is Cc1ccc(OCCC(=O)Nc2ccc(N3CCCC3=O)cc2)cc1C. The Morgan fingerprint density at radius 2 is 1.88 bits per heavy atom. The number of rotatable bonds is 6. The lowest BCUT2D eigenvalue weighted by molar-refractivity contribution is -0.117. The zero-order valence-corrected chi connectivity index (χ0v) is 15.2. The molecule has 0 aliphatic carbocycles. The largest absolute Gasteiger partial charge is 0.493 e. The summed E-state index contributed by atoms with van der Waals surface area (Å²) in [6.07, 6.45) is 1.79. The molecule has 1 N–H and O–H groups in total. The van der Waals surface area contributed by atoms with Crippen molar-refractivity contribution >= 4 is 23.2 Å². The Hall–Kier alpha value is -2.82. The van der Waals surface area contributed by atoms with Gasteiger partial charge in [-0.25, -0.2) is 0 Å². The molecule has 26 heavy (non-hydrogen) atoms. The third-order valence-electron chi connectivity index (χ3n) is 4.61. The first-order chi connectivity index (χ1) is 12.5. The Bertz CT molecular complexity index is 799. The Kier molecular flexibility index (Phi) is 5.56. The number of ether oxygens (including phenoxy) is 1. The van der Waals surface area contributed by atoms with Crippen molar-refractivity contribution in [1.82, 2.24) is 0 Å². The van der Waals surface area contributed by atoms with Gasteiger partial charge in [-0.15, -0.1) is 0 Å². The monoisotopic (exact) mass is 352 g/mol. The number of carbonyl (C=O) groups is 2. The summed E-state index contributed by atoms with van der Waals surface area (Å²) >= 11 is 0. The number of anilines is 2. The van der Waals surface area contributed by atoms with Gasteiger partial charge < -0.3 is 15.0 Å². The molecule has 0 saturated carbocycles. The minimum atomic E-state index is -0.0983. The van der Waals surface area contributed by atoms with E-state index in [0.717, 1.165) is 30.1 Å². The maximum atomic E-state index is 12.1. The molecule has 0 atom stereocenters. The second kappa shape index (κ2) is 8.04. The molecule has 0 unspecified atom stereocenters. The fourth-order valence-corrected chi connectivity index (χ4v) is 2.93. The van der Waals surface area contributed by atoms with Crippen LogP contribution in [0.3, 0.4) is 0 Å². The summed E-state index contributed by atoms with van der Waals surface area (Å²) in [5.41, 5.74) is 3.98. The Morgan fingerprint density at radius 1 is 1.12 bits per heavy atom. The van der Waals surface area contributed by atoms with Crippen LogP contribution in [-0.4, -0.2) is 25.0 Å². The van der Waals surface area contributed by atoms with Gasteiger partial charge in [-0.2, -0.15) is 0 Å². The molecule has 1 aliphatic heterocycles. The van der Waals surface area contributed by atoms with Gasteiger partial charge in [0.25, 0.3) is 0 Å². The van der Waals surface area contributed by atoms with Crippen molar-refractivity contribution in [3.63, 3.8) is 0 Å². The summed E-state index contributed by atoms with van der Waals surface area (Å²) in [4.78, 5) is 25.6. The maximum Gasteiger partial charge on any atom is 0.227 e. The van der Waals surface area contributed by atoms with Crippen molar-refractivity contribution in [2.45, 2.75) is 33.1 Å². The van der Waals surface area contributed by atoms with Gasteiger partial charge in [-0.3, -0.25) is 9.59 Å². The normalized spacial score (nSPS) is 13.8. The first-order valence-corrected chi connectivity index (χ1v) is 8.93. The molecule has 1 heterocycles. The van der Waals surface area contributed by atoms with E-state index in [9.17, 15) is 9.59 Å². The predicted molar refractivity (Wildman–Crippen MR) is 103 cm³/mol. The summed E-state index contributed by atoms with van der Waals surface area (Å²) in [5.74, 6) is 0.838. The van der Waals surface area contributed by atoms with Crippen molar-refractivity contribution in [2.24, 2.45) is 0 Å². The summed E-state index contributed by atoms with van der Waals surface area (Å²) in [6.45, 7) is 5.18. The van der Waals surface area contributed by atoms with E-state index in [-0.39, 0.29) is 18.2 Å². The minimum absolute atomic E-state index is 0.0983. The number of benzene rings is 2. The van der Waals surface area contributed by atoms with Gasteiger partial charge in [0, 0.05) is 24.3 Å². The number of hydrogen-bond donors (Lipinski definition) is 1. The van der Waals surface area contributed by atoms with Crippen LogP contribution in [0.2, 0.25) is 0 Å². The minimum Gasteiger partial charge on any atom is -0.493 e. The quantitative estimate of drug-likeness (QED) is 0.859. The second-order valence-electron chi connectivity index (χ2n) is 6.59. The fourth-order valence-electron chi connectivity index (χ4n) is 2.93. The second-order valence-corrected chi connectivity index (χ2v) is 6.59. The van der Waals surface area contributed by atoms with Crippen molar-refractivity contribution in [2.75, 3.05) is 23.4 Å². The van der Waals surface area contributed by atoms with Gasteiger partial charge in [0.2, 0.25) is 11.8 Å². The highest BCUT2D eigenvalue weighted by Gasteiger charge is 2.21. The van der Waals surface area contributed by atoms with E-state index in [1.54, 1.807) is 4.90 Å². The van der Waals surface area contributed by atoms with Crippen LogP contribution in [0.25, 0.3) is 0 Å². The van der Waals surface area contributed by atoms with Gasteiger partial charge in [-0.1, -0.05) is 6.07 Å². The summed E-state index contributed by atoms with van der Waals surface area (Å²) in [5, 5.41) is 2.86. The molecule has 2 aromatic carbocycles. The molecule has 136 valence electrons. The van der Waals surface area contributed by atoms with E-state index in [1.165, 1.54) is 11.1 Å². The van der Waals surface area contributed by atoms with E-state index in [2.05, 4.69) is 12.2 Å². The van der Waals surface area contributed by atoms with Crippen LogP contribution < -0.4 is 15.0 Å². The highest BCUT2D eigenvalue weighted by molar-refractivity contribution is 5.96. The lowest BCUT2D eigenvalue weighted by Gasteiger charge is -2.16. The number of nitrogens with zero attached hydrogens (tertiary/aromatic N) is 1.